The number of anilines is 1. The molecule has 0 bridgehead atoms. The maximum absolute atomic E-state index is 9.32. The van der Waals surface area contributed by atoms with E-state index in [1.54, 1.807) is 0 Å². The summed E-state index contributed by atoms with van der Waals surface area (Å²) in [5.74, 6) is 0.891. The third-order valence-corrected chi connectivity index (χ3v) is 3.76. The molecule has 0 unspecified atom stereocenters. The number of pyridine rings is 1. The minimum atomic E-state index is 0.742. The van der Waals surface area contributed by atoms with Gasteiger partial charge in [-0.05, 0) is 43.7 Å². The van der Waals surface area contributed by atoms with E-state index in [1.165, 1.54) is 24.1 Å². The first-order valence-electron chi connectivity index (χ1n) is 6.71. The zero-order chi connectivity index (χ0) is 12.4. The second-order valence-electron chi connectivity index (χ2n) is 4.99. The highest BCUT2D eigenvalue weighted by atomic mass is 15.2. The van der Waals surface area contributed by atoms with Crippen LogP contribution in [0.5, 0.6) is 0 Å². The molecule has 0 fully saturated rings. The number of fused-ring (bicyclic) bond motifs is 1. The summed E-state index contributed by atoms with van der Waals surface area (Å²) in [6, 6.07) is 4.38. The average Bonchev–Trinajstić information content (AvgIpc) is 2.46. The van der Waals surface area contributed by atoms with Gasteiger partial charge in [-0.1, -0.05) is 12.2 Å². The molecule has 18 heavy (non-hydrogen) atoms. The van der Waals surface area contributed by atoms with Crippen LogP contribution in [0.4, 0.5) is 5.82 Å². The largest absolute Gasteiger partial charge is 0.351 e. The summed E-state index contributed by atoms with van der Waals surface area (Å²) >= 11 is 0. The van der Waals surface area contributed by atoms with Crippen molar-refractivity contribution in [1.82, 2.24) is 4.98 Å². The first kappa shape index (κ1) is 11.3. The third kappa shape index (κ3) is 1.99. The molecule has 0 radical (unpaired) electrons. The van der Waals surface area contributed by atoms with Gasteiger partial charge in [0.05, 0.1) is 5.56 Å². The van der Waals surface area contributed by atoms with Crippen molar-refractivity contribution in [2.45, 2.75) is 32.1 Å². The lowest BCUT2D eigenvalue weighted by Crippen LogP contribution is -2.29. The van der Waals surface area contributed by atoms with Crippen LogP contribution in [0, 0.1) is 11.3 Å². The Kier molecular flexibility index (Phi) is 3.02. The second-order valence-corrected chi connectivity index (χ2v) is 4.99. The molecular formula is C15H17N3. The minimum Gasteiger partial charge on any atom is -0.351 e. The predicted octanol–water partition coefficient (Wildman–Crippen LogP) is 2.60. The first-order valence-corrected chi connectivity index (χ1v) is 6.71. The fraction of sp³-hybridized carbons (Fsp3) is 0.467. The lowest BCUT2D eigenvalue weighted by molar-refractivity contribution is 0.664. The molecule has 0 amide bonds. The highest BCUT2D eigenvalue weighted by Crippen LogP contribution is 2.27. The second kappa shape index (κ2) is 4.81. The molecule has 3 heteroatoms. The summed E-state index contributed by atoms with van der Waals surface area (Å²) in [7, 11) is 0. The van der Waals surface area contributed by atoms with Crippen LogP contribution in [0.2, 0.25) is 0 Å². The Morgan fingerprint density at radius 1 is 1.22 bits per heavy atom. The van der Waals surface area contributed by atoms with E-state index >= 15 is 0 Å². The Balaban J connectivity index is 2.02. The number of nitrogens with zero attached hydrogens (tertiary/aromatic N) is 3. The molecule has 3 rings (SSSR count). The molecule has 1 aliphatic heterocycles. The molecule has 0 aromatic carbocycles. The highest BCUT2D eigenvalue weighted by molar-refractivity contribution is 5.57. The van der Waals surface area contributed by atoms with Crippen molar-refractivity contribution in [3.8, 4) is 6.07 Å². The summed E-state index contributed by atoms with van der Waals surface area (Å²) in [4.78, 5) is 6.99. The Bertz CT molecular complexity index is 525. The van der Waals surface area contributed by atoms with E-state index in [9.17, 15) is 5.26 Å². The van der Waals surface area contributed by atoms with Crippen LogP contribution in [-0.4, -0.2) is 18.1 Å². The minimum absolute atomic E-state index is 0.742. The lowest BCUT2D eigenvalue weighted by Gasteiger charge is -2.27. The van der Waals surface area contributed by atoms with Crippen molar-refractivity contribution in [1.29, 1.82) is 5.26 Å². The van der Waals surface area contributed by atoms with Gasteiger partial charge in [-0.2, -0.15) is 5.26 Å². The number of aryl methyl sites for hydroxylation is 2. The van der Waals surface area contributed by atoms with Crippen LogP contribution in [0.15, 0.2) is 18.2 Å². The molecule has 0 saturated heterocycles. The van der Waals surface area contributed by atoms with E-state index in [0.29, 0.717) is 0 Å². The van der Waals surface area contributed by atoms with Crippen LogP contribution >= 0.6 is 0 Å². The molecule has 1 aromatic rings. The Hall–Kier alpha value is -1.82. The molecule has 3 nitrogen and oxygen atoms in total. The Labute approximate surface area is 108 Å². The van der Waals surface area contributed by atoms with Crippen LogP contribution in [-0.2, 0) is 12.8 Å². The van der Waals surface area contributed by atoms with Crippen LogP contribution < -0.4 is 4.90 Å². The topological polar surface area (TPSA) is 39.9 Å². The predicted molar refractivity (Wildman–Crippen MR) is 71.6 cm³/mol. The Morgan fingerprint density at radius 3 is 2.89 bits per heavy atom. The number of nitriles is 1. The fourth-order valence-corrected chi connectivity index (χ4v) is 2.78. The molecule has 2 aliphatic rings. The van der Waals surface area contributed by atoms with Crippen molar-refractivity contribution < 1.29 is 0 Å². The van der Waals surface area contributed by atoms with E-state index in [0.717, 1.165) is 43.7 Å². The third-order valence-electron chi connectivity index (χ3n) is 3.76. The van der Waals surface area contributed by atoms with Crippen molar-refractivity contribution in [3.05, 3.63) is 35.0 Å². The maximum Gasteiger partial charge on any atom is 0.147 e. The van der Waals surface area contributed by atoms with Gasteiger partial charge in [0.2, 0.25) is 0 Å². The van der Waals surface area contributed by atoms with Crippen LogP contribution in [0.25, 0.3) is 0 Å². The molecule has 2 heterocycles. The van der Waals surface area contributed by atoms with Gasteiger partial charge in [-0.3, -0.25) is 0 Å². The van der Waals surface area contributed by atoms with Crippen molar-refractivity contribution in [2.75, 3.05) is 18.0 Å². The molecule has 1 aromatic heterocycles. The molecule has 0 saturated carbocycles. The number of hydrogen-bond donors (Lipinski definition) is 0. The van der Waals surface area contributed by atoms with Crippen LogP contribution in [0.3, 0.4) is 0 Å². The van der Waals surface area contributed by atoms with E-state index in [4.69, 9.17) is 4.98 Å². The number of rotatable bonds is 1. The lowest BCUT2D eigenvalue weighted by atomic mass is 9.94. The molecule has 0 atom stereocenters. The molecule has 1 aliphatic carbocycles. The Morgan fingerprint density at radius 2 is 2.11 bits per heavy atom. The zero-order valence-electron chi connectivity index (χ0n) is 10.5. The molecular weight excluding hydrogens is 222 g/mol. The van der Waals surface area contributed by atoms with Crippen molar-refractivity contribution in [2.24, 2.45) is 0 Å². The smallest absolute Gasteiger partial charge is 0.147 e. The van der Waals surface area contributed by atoms with Gasteiger partial charge in [-0.15, -0.1) is 0 Å². The van der Waals surface area contributed by atoms with Crippen molar-refractivity contribution >= 4 is 5.82 Å². The summed E-state index contributed by atoms with van der Waals surface area (Å²) < 4.78 is 0. The quantitative estimate of drug-likeness (QED) is 0.707. The summed E-state index contributed by atoms with van der Waals surface area (Å²) in [6.45, 7) is 1.84. The standard InChI is InChI=1S/C15H17N3/c16-11-13-10-12-6-2-3-7-14(12)17-15(13)18-8-4-1-5-9-18/h1,4,10H,2-3,5-9H2. The summed E-state index contributed by atoms with van der Waals surface area (Å²) in [5, 5.41) is 9.32. The van der Waals surface area contributed by atoms with E-state index < -0.39 is 0 Å². The normalized spacial score (nSPS) is 18.3. The molecule has 0 spiro atoms. The van der Waals surface area contributed by atoms with Gasteiger partial charge in [0, 0.05) is 18.8 Å². The van der Waals surface area contributed by atoms with Gasteiger partial charge in [0.25, 0.3) is 0 Å². The first-order chi connectivity index (χ1) is 8.88. The van der Waals surface area contributed by atoms with Crippen LogP contribution in [0.1, 0.15) is 36.1 Å². The van der Waals surface area contributed by atoms with Gasteiger partial charge in [-0.25, -0.2) is 4.98 Å². The number of aromatic nitrogens is 1. The summed E-state index contributed by atoms with van der Waals surface area (Å²) in [6.07, 6.45) is 10.0. The summed E-state index contributed by atoms with van der Waals surface area (Å²) in [5.41, 5.74) is 3.24. The monoisotopic (exact) mass is 239 g/mol. The van der Waals surface area contributed by atoms with E-state index in [2.05, 4.69) is 29.2 Å². The highest BCUT2D eigenvalue weighted by Gasteiger charge is 2.19. The molecule has 92 valence electrons. The van der Waals surface area contributed by atoms with Gasteiger partial charge < -0.3 is 4.90 Å². The maximum atomic E-state index is 9.32. The fourth-order valence-electron chi connectivity index (χ4n) is 2.78. The van der Waals surface area contributed by atoms with E-state index in [1.807, 2.05) is 0 Å². The number of hydrogen-bond acceptors (Lipinski definition) is 3. The zero-order valence-corrected chi connectivity index (χ0v) is 10.5. The van der Waals surface area contributed by atoms with Gasteiger partial charge >= 0.3 is 0 Å². The molecule has 0 N–H and O–H groups in total. The van der Waals surface area contributed by atoms with Gasteiger partial charge in [0.1, 0.15) is 11.9 Å². The van der Waals surface area contributed by atoms with Crippen molar-refractivity contribution in [3.63, 3.8) is 0 Å². The SMILES string of the molecule is N#Cc1cc2c(nc1N1CC=CCC1)CCCC2. The average molecular weight is 239 g/mol. The van der Waals surface area contributed by atoms with E-state index in [-0.39, 0.29) is 0 Å². The van der Waals surface area contributed by atoms with Gasteiger partial charge in [0.15, 0.2) is 0 Å².